The highest BCUT2D eigenvalue weighted by molar-refractivity contribution is 14.1. The summed E-state index contributed by atoms with van der Waals surface area (Å²) in [6.45, 7) is 0.775. The van der Waals surface area contributed by atoms with Crippen molar-refractivity contribution in [2.24, 2.45) is 0 Å². The molecule has 1 aliphatic carbocycles. The molecule has 3 fully saturated rings. The number of rotatable bonds is 1. The maximum Gasteiger partial charge on any atom is 0.0807 e. The lowest BCUT2D eigenvalue weighted by atomic mass is 9.75. The van der Waals surface area contributed by atoms with Crippen molar-refractivity contribution in [3.63, 3.8) is 0 Å². The lowest BCUT2D eigenvalue weighted by molar-refractivity contribution is 0.0301. The molecule has 2 heterocycles. The van der Waals surface area contributed by atoms with Crippen molar-refractivity contribution in [1.82, 2.24) is 0 Å². The van der Waals surface area contributed by atoms with Crippen LogP contribution in [0.2, 0.25) is 0 Å². The van der Waals surface area contributed by atoms with E-state index >= 15 is 0 Å². The van der Waals surface area contributed by atoms with E-state index in [-0.39, 0.29) is 10.5 Å². The second kappa shape index (κ2) is 1.77. The van der Waals surface area contributed by atoms with Gasteiger partial charge >= 0.3 is 0 Å². The molecule has 0 amide bonds. The normalized spacial score (nSPS) is 55.3. The first-order chi connectivity index (χ1) is 4.18. The van der Waals surface area contributed by atoms with Gasteiger partial charge in [-0.05, 0) is 12.8 Å². The molecule has 3 aliphatic rings. The molecule has 0 N–H and O–H groups in total. The number of alkyl halides is 2. The third kappa shape index (κ3) is 0.828. The summed E-state index contributed by atoms with van der Waals surface area (Å²) in [7, 11) is 0. The van der Waals surface area contributed by atoms with Crippen molar-refractivity contribution >= 4 is 34.2 Å². The van der Waals surface area contributed by atoms with Gasteiger partial charge in [0, 0.05) is 4.43 Å². The molecule has 0 aromatic carbocycles. The third-order valence-electron chi connectivity index (χ3n) is 2.16. The Kier molecular flexibility index (Phi) is 1.31. The van der Waals surface area contributed by atoms with Crippen molar-refractivity contribution in [2.45, 2.75) is 23.3 Å². The summed E-state index contributed by atoms with van der Waals surface area (Å²) in [6.07, 6.45) is 2.15. The van der Waals surface area contributed by atoms with Crippen LogP contribution in [0.3, 0.4) is 0 Å². The number of hydrogen-bond donors (Lipinski definition) is 0. The molecule has 0 spiro atoms. The Balaban J connectivity index is 2.12. The first kappa shape index (κ1) is 6.68. The molecule has 2 bridgehead atoms. The van der Waals surface area contributed by atoms with Gasteiger partial charge in [0.2, 0.25) is 0 Å². The molecule has 52 valence electrons. The molecule has 2 saturated heterocycles. The first-order valence-corrected chi connectivity index (χ1v) is 4.97. The molecule has 1 saturated carbocycles. The lowest BCUT2D eigenvalue weighted by Gasteiger charge is -2.39. The van der Waals surface area contributed by atoms with E-state index in [1.165, 1.54) is 0 Å². The van der Waals surface area contributed by atoms with Gasteiger partial charge < -0.3 is 4.74 Å². The highest BCUT2D eigenvalue weighted by Crippen LogP contribution is 2.56. The minimum atomic E-state index is 0.0468. The van der Waals surface area contributed by atoms with Crippen LogP contribution in [0, 0.1) is 0 Å². The van der Waals surface area contributed by atoms with Crippen LogP contribution in [0.1, 0.15) is 12.8 Å². The van der Waals surface area contributed by atoms with Crippen molar-refractivity contribution in [1.29, 1.82) is 0 Å². The predicted molar refractivity (Wildman–Crippen MR) is 45.4 cm³/mol. The highest BCUT2D eigenvalue weighted by Gasteiger charge is 2.60. The number of hydrogen-bond acceptors (Lipinski definition) is 1. The Labute approximate surface area is 73.2 Å². The quantitative estimate of drug-likeness (QED) is 0.516. The van der Waals surface area contributed by atoms with E-state index in [4.69, 9.17) is 16.3 Å². The zero-order chi connectivity index (χ0) is 6.54. The Hall–Kier alpha value is 0.980. The minimum Gasteiger partial charge on any atom is -0.372 e. The molecule has 3 rings (SSSR count). The molecule has 2 aliphatic heterocycles. The van der Waals surface area contributed by atoms with Gasteiger partial charge in [-0.25, -0.2) is 0 Å². The van der Waals surface area contributed by atoms with Crippen molar-refractivity contribution < 1.29 is 4.74 Å². The summed E-state index contributed by atoms with van der Waals surface area (Å²) < 4.78 is 6.62. The van der Waals surface area contributed by atoms with E-state index in [2.05, 4.69) is 22.6 Å². The van der Waals surface area contributed by atoms with Gasteiger partial charge in [-0.15, -0.1) is 11.6 Å². The van der Waals surface area contributed by atoms with E-state index in [9.17, 15) is 0 Å². The fourth-order valence-corrected chi connectivity index (χ4v) is 3.02. The Bertz CT molecular complexity index is 142. The van der Waals surface area contributed by atoms with Gasteiger partial charge in [-0.1, -0.05) is 22.6 Å². The maximum atomic E-state index is 6.07. The highest BCUT2D eigenvalue weighted by atomic mass is 127. The summed E-state index contributed by atoms with van der Waals surface area (Å²) in [6, 6.07) is 0. The average molecular weight is 258 g/mol. The summed E-state index contributed by atoms with van der Waals surface area (Å²) >= 11 is 8.44. The Morgan fingerprint density at radius 1 is 1.56 bits per heavy atom. The summed E-state index contributed by atoms with van der Waals surface area (Å²) in [5.41, 5.74) is 0.197. The summed E-state index contributed by atoms with van der Waals surface area (Å²) in [5, 5.41) is 0. The van der Waals surface area contributed by atoms with E-state index in [0.29, 0.717) is 0 Å². The largest absolute Gasteiger partial charge is 0.372 e. The van der Waals surface area contributed by atoms with Gasteiger partial charge in [0.05, 0.1) is 17.1 Å². The van der Waals surface area contributed by atoms with Crippen LogP contribution in [0.5, 0.6) is 0 Å². The molecular formula is C6H8ClIO. The van der Waals surface area contributed by atoms with Crippen LogP contribution < -0.4 is 0 Å². The molecule has 1 nitrogen and oxygen atoms in total. The molecule has 9 heavy (non-hydrogen) atoms. The fourth-order valence-electron chi connectivity index (χ4n) is 1.72. The molecule has 0 unspecified atom stereocenters. The van der Waals surface area contributed by atoms with Gasteiger partial charge in [0.1, 0.15) is 0 Å². The average Bonchev–Trinajstić information content (AvgIpc) is 2.20. The monoisotopic (exact) mass is 258 g/mol. The van der Waals surface area contributed by atoms with Gasteiger partial charge in [-0.2, -0.15) is 0 Å². The zero-order valence-corrected chi connectivity index (χ0v) is 7.91. The molecule has 0 aromatic rings. The van der Waals surface area contributed by atoms with Crippen LogP contribution in [0.4, 0.5) is 0 Å². The van der Waals surface area contributed by atoms with Crippen molar-refractivity contribution in [3.8, 4) is 0 Å². The van der Waals surface area contributed by atoms with Crippen LogP contribution in [-0.4, -0.2) is 21.5 Å². The molecule has 3 heteroatoms. The molecule has 0 radical (unpaired) electrons. The topological polar surface area (TPSA) is 9.23 Å². The van der Waals surface area contributed by atoms with Gasteiger partial charge in [-0.3, -0.25) is 0 Å². The molecule has 0 aromatic heterocycles. The second-order valence-corrected chi connectivity index (χ2v) is 4.67. The van der Waals surface area contributed by atoms with Crippen LogP contribution in [0.15, 0.2) is 0 Å². The van der Waals surface area contributed by atoms with E-state index in [1.54, 1.807) is 0 Å². The van der Waals surface area contributed by atoms with Crippen LogP contribution in [0.25, 0.3) is 0 Å². The van der Waals surface area contributed by atoms with Crippen molar-refractivity contribution in [2.75, 3.05) is 11.0 Å². The van der Waals surface area contributed by atoms with Crippen LogP contribution in [-0.2, 0) is 4.74 Å². The lowest BCUT2D eigenvalue weighted by Crippen LogP contribution is -2.46. The Morgan fingerprint density at radius 3 is 2.44 bits per heavy atom. The predicted octanol–water partition coefficient (Wildman–Crippen LogP) is 1.96. The number of ether oxygens (including phenoxy) is 1. The molecule has 0 atom stereocenters. The Morgan fingerprint density at radius 2 is 2.22 bits per heavy atom. The smallest absolute Gasteiger partial charge is 0.0807 e. The van der Waals surface area contributed by atoms with E-state index < -0.39 is 0 Å². The standard InChI is InChI=1S/C6H8ClIO/c7-5-1-6(2-5,3-8)9-4-5/h1-4H2. The first-order valence-electron chi connectivity index (χ1n) is 3.07. The minimum absolute atomic E-state index is 0.0468. The second-order valence-electron chi connectivity index (χ2n) is 3.11. The SMILES string of the molecule is ClC12COC(CI)(C1)C2. The summed E-state index contributed by atoms with van der Waals surface area (Å²) in [4.78, 5) is 0.0468. The fraction of sp³-hybridized carbons (Fsp3) is 1.00. The van der Waals surface area contributed by atoms with Gasteiger partial charge in [0.15, 0.2) is 0 Å². The zero-order valence-electron chi connectivity index (χ0n) is 4.99. The summed E-state index contributed by atoms with van der Waals surface area (Å²) in [5.74, 6) is 0. The van der Waals surface area contributed by atoms with E-state index in [0.717, 1.165) is 23.9 Å². The number of fused-ring (bicyclic) bond motifs is 1. The van der Waals surface area contributed by atoms with Gasteiger partial charge in [0.25, 0.3) is 0 Å². The third-order valence-corrected chi connectivity index (χ3v) is 3.93. The van der Waals surface area contributed by atoms with Crippen LogP contribution >= 0.6 is 34.2 Å². The van der Waals surface area contributed by atoms with E-state index in [1.807, 2.05) is 0 Å². The maximum absolute atomic E-state index is 6.07. The van der Waals surface area contributed by atoms with Crippen molar-refractivity contribution in [3.05, 3.63) is 0 Å². The number of halogens is 2. The molecular weight excluding hydrogens is 250 g/mol.